The van der Waals surface area contributed by atoms with Crippen LogP contribution < -0.4 is 9.21 Å². The van der Waals surface area contributed by atoms with E-state index >= 15 is 0 Å². The van der Waals surface area contributed by atoms with Gasteiger partial charge in [-0.15, -0.1) is 0 Å². The molecule has 158 valence electrons. The number of sulfonamides is 1. The van der Waals surface area contributed by atoms with Gasteiger partial charge in [0.1, 0.15) is 0 Å². The second-order valence-corrected chi connectivity index (χ2v) is 10.5. The van der Waals surface area contributed by atoms with E-state index in [1.54, 1.807) is 21.3 Å². The second kappa shape index (κ2) is 6.87. The summed E-state index contributed by atoms with van der Waals surface area (Å²) in [4.78, 5) is 2.50. The number of rotatable bonds is 3. The standard InChI is InChI=1S/C23H28N4O2S/c1-16-8-7-9-20-22(16)27(15-23(3,4)26(20)6)30(28,29)21-11-10-18(12-17(21)2)19-13-24-25(5)14-19/h7-14H,15H2,1-6H3. The van der Waals surface area contributed by atoms with Crippen LogP contribution >= 0.6 is 0 Å². The van der Waals surface area contributed by atoms with Gasteiger partial charge in [-0.25, -0.2) is 8.42 Å². The minimum atomic E-state index is -3.73. The first-order valence-corrected chi connectivity index (χ1v) is 11.4. The molecule has 2 aromatic carbocycles. The van der Waals surface area contributed by atoms with Crippen molar-refractivity contribution in [1.82, 2.24) is 9.78 Å². The minimum Gasteiger partial charge on any atom is -0.366 e. The lowest BCUT2D eigenvalue weighted by Gasteiger charge is -2.48. The molecule has 0 bridgehead atoms. The van der Waals surface area contributed by atoms with Crippen molar-refractivity contribution in [2.45, 2.75) is 38.1 Å². The zero-order chi connectivity index (χ0) is 21.8. The first-order valence-electron chi connectivity index (χ1n) is 9.98. The number of nitrogens with zero attached hydrogens (tertiary/aromatic N) is 4. The number of benzene rings is 2. The Balaban J connectivity index is 1.84. The molecular formula is C23H28N4O2S. The lowest BCUT2D eigenvalue weighted by Crippen LogP contribution is -2.56. The highest BCUT2D eigenvalue weighted by atomic mass is 32.2. The first-order chi connectivity index (χ1) is 14.0. The predicted molar refractivity (Wildman–Crippen MR) is 122 cm³/mol. The van der Waals surface area contributed by atoms with Crippen LogP contribution in [0.1, 0.15) is 25.0 Å². The summed E-state index contributed by atoms with van der Waals surface area (Å²) in [7, 11) is 0.158. The Bertz CT molecular complexity index is 1230. The van der Waals surface area contributed by atoms with Crippen LogP contribution in [0.5, 0.6) is 0 Å². The number of likely N-dealkylation sites (N-methyl/N-ethyl adjacent to an activating group) is 1. The third kappa shape index (κ3) is 3.17. The monoisotopic (exact) mass is 424 g/mol. The smallest absolute Gasteiger partial charge is 0.264 e. The Kier molecular flexibility index (Phi) is 4.69. The quantitative estimate of drug-likeness (QED) is 0.634. The summed E-state index contributed by atoms with van der Waals surface area (Å²) < 4.78 is 31.0. The van der Waals surface area contributed by atoms with E-state index in [4.69, 9.17) is 0 Å². The maximum absolute atomic E-state index is 13.9. The Morgan fingerprint density at radius 1 is 1.00 bits per heavy atom. The molecule has 0 amide bonds. The lowest BCUT2D eigenvalue weighted by atomic mass is 9.97. The normalized spacial score (nSPS) is 15.9. The molecule has 2 heterocycles. The third-order valence-electron chi connectivity index (χ3n) is 6.05. The molecule has 0 saturated carbocycles. The van der Waals surface area contributed by atoms with Crippen molar-refractivity contribution >= 4 is 21.4 Å². The Morgan fingerprint density at radius 3 is 2.37 bits per heavy atom. The molecule has 30 heavy (non-hydrogen) atoms. The predicted octanol–water partition coefficient (Wildman–Crippen LogP) is 4.13. The van der Waals surface area contributed by atoms with Gasteiger partial charge in [0.05, 0.1) is 34.6 Å². The molecule has 0 saturated heterocycles. The summed E-state index contributed by atoms with van der Waals surface area (Å²) in [6, 6.07) is 11.4. The fourth-order valence-corrected chi connectivity index (χ4v) is 6.02. The van der Waals surface area contributed by atoms with E-state index in [-0.39, 0.29) is 5.54 Å². The largest absolute Gasteiger partial charge is 0.366 e. The average molecular weight is 425 g/mol. The molecule has 1 aromatic heterocycles. The van der Waals surface area contributed by atoms with Crippen LogP contribution in [0.3, 0.4) is 0 Å². The van der Waals surface area contributed by atoms with Crippen molar-refractivity contribution < 1.29 is 8.42 Å². The summed E-state index contributed by atoms with van der Waals surface area (Å²) >= 11 is 0. The summed E-state index contributed by atoms with van der Waals surface area (Å²) in [5, 5.41) is 4.21. The van der Waals surface area contributed by atoms with Crippen molar-refractivity contribution in [3.63, 3.8) is 0 Å². The van der Waals surface area contributed by atoms with Gasteiger partial charge >= 0.3 is 0 Å². The first kappa shape index (κ1) is 20.5. The summed E-state index contributed by atoms with van der Waals surface area (Å²) in [6.45, 7) is 8.34. The number of hydrogen-bond donors (Lipinski definition) is 0. The molecule has 0 aliphatic carbocycles. The van der Waals surface area contributed by atoms with E-state index in [1.165, 1.54) is 0 Å². The molecule has 0 N–H and O–H groups in total. The molecule has 7 heteroatoms. The van der Waals surface area contributed by atoms with Crippen molar-refractivity contribution in [2.75, 3.05) is 22.8 Å². The molecule has 1 aliphatic heterocycles. The van der Waals surface area contributed by atoms with Gasteiger partial charge in [0.15, 0.2) is 0 Å². The molecule has 1 aliphatic rings. The Hall–Kier alpha value is -2.80. The summed E-state index contributed by atoms with van der Waals surface area (Å²) in [6.07, 6.45) is 3.71. The van der Waals surface area contributed by atoms with Gasteiger partial charge in [-0.05, 0) is 62.6 Å². The van der Waals surface area contributed by atoms with Crippen LogP contribution in [0.4, 0.5) is 11.4 Å². The van der Waals surface area contributed by atoms with Crippen LogP contribution in [0.15, 0.2) is 53.7 Å². The zero-order valence-corrected chi connectivity index (χ0v) is 19.2. The van der Waals surface area contributed by atoms with Gasteiger partial charge < -0.3 is 4.90 Å². The number of para-hydroxylation sites is 1. The molecule has 0 atom stereocenters. The maximum atomic E-state index is 13.9. The Morgan fingerprint density at radius 2 is 1.73 bits per heavy atom. The molecule has 0 unspecified atom stereocenters. The third-order valence-corrected chi connectivity index (χ3v) is 7.95. The van der Waals surface area contributed by atoms with Crippen molar-refractivity contribution in [2.24, 2.45) is 7.05 Å². The van der Waals surface area contributed by atoms with Gasteiger partial charge in [0, 0.05) is 25.9 Å². The maximum Gasteiger partial charge on any atom is 0.264 e. The van der Waals surface area contributed by atoms with E-state index in [1.807, 2.05) is 64.5 Å². The van der Waals surface area contributed by atoms with Crippen molar-refractivity contribution in [1.29, 1.82) is 0 Å². The van der Waals surface area contributed by atoms with Crippen LogP contribution in [0, 0.1) is 13.8 Å². The highest BCUT2D eigenvalue weighted by Gasteiger charge is 2.41. The fraction of sp³-hybridized carbons (Fsp3) is 0.348. The van der Waals surface area contributed by atoms with E-state index in [0.29, 0.717) is 11.4 Å². The molecule has 6 nitrogen and oxygen atoms in total. The molecule has 0 fully saturated rings. The van der Waals surface area contributed by atoms with Gasteiger partial charge in [0.25, 0.3) is 10.0 Å². The van der Waals surface area contributed by atoms with E-state index in [0.717, 1.165) is 33.6 Å². The topological polar surface area (TPSA) is 58.4 Å². The van der Waals surface area contributed by atoms with Crippen LogP contribution in [0.2, 0.25) is 0 Å². The van der Waals surface area contributed by atoms with Crippen LogP contribution in [-0.2, 0) is 17.1 Å². The number of aryl methyl sites for hydroxylation is 3. The minimum absolute atomic E-state index is 0.336. The highest BCUT2D eigenvalue weighted by Crippen LogP contribution is 2.43. The molecule has 4 rings (SSSR count). The number of anilines is 2. The fourth-order valence-electron chi connectivity index (χ4n) is 4.11. The molecular weight excluding hydrogens is 396 g/mol. The van der Waals surface area contributed by atoms with E-state index in [2.05, 4.69) is 23.8 Å². The number of aromatic nitrogens is 2. The highest BCUT2D eigenvalue weighted by molar-refractivity contribution is 7.93. The van der Waals surface area contributed by atoms with Crippen molar-refractivity contribution in [3.8, 4) is 11.1 Å². The van der Waals surface area contributed by atoms with Gasteiger partial charge in [-0.1, -0.05) is 18.2 Å². The van der Waals surface area contributed by atoms with E-state index < -0.39 is 10.0 Å². The van der Waals surface area contributed by atoms with Gasteiger partial charge in [-0.3, -0.25) is 8.99 Å². The van der Waals surface area contributed by atoms with Gasteiger partial charge in [0.2, 0.25) is 0 Å². The Labute approximate surface area is 178 Å². The second-order valence-electron chi connectivity index (χ2n) is 8.71. The summed E-state index contributed by atoms with van der Waals surface area (Å²) in [5.41, 5.74) is 4.94. The molecule has 0 radical (unpaired) electrons. The molecule has 3 aromatic rings. The van der Waals surface area contributed by atoms with Crippen LogP contribution in [0.25, 0.3) is 11.1 Å². The number of hydrogen-bond acceptors (Lipinski definition) is 4. The lowest BCUT2D eigenvalue weighted by molar-refractivity contribution is 0.479. The van der Waals surface area contributed by atoms with E-state index in [9.17, 15) is 8.42 Å². The zero-order valence-electron chi connectivity index (χ0n) is 18.3. The number of fused-ring (bicyclic) bond motifs is 1. The molecule has 0 spiro atoms. The van der Waals surface area contributed by atoms with Gasteiger partial charge in [-0.2, -0.15) is 5.10 Å². The SMILES string of the molecule is Cc1cc(-c2cnn(C)c2)ccc1S(=O)(=O)N1CC(C)(C)N(C)c2cccc(C)c21. The summed E-state index contributed by atoms with van der Waals surface area (Å²) in [5.74, 6) is 0. The van der Waals surface area contributed by atoms with Crippen LogP contribution in [-0.4, -0.2) is 37.3 Å². The average Bonchev–Trinajstić information content (AvgIpc) is 3.11. The van der Waals surface area contributed by atoms with Crippen molar-refractivity contribution in [3.05, 3.63) is 59.9 Å².